The van der Waals surface area contributed by atoms with Crippen molar-refractivity contribution < 1.29 is 9.53 Å². The summed E-state index contributed by atoms with van der Waals surface area (Å²) < 4.78 is 4.64. The van der Waals surface area contributed by atoms with Gasteiger partial charge in [-0.3, -0.25) is 0 Å². The molecule has 1 aromatic rings. The molecule has 0 radical (unpaired) electrons. The molecular weight excluding hydrogens is 204 g/mol. The number of carbonyl (C=O) groups excluding carboxylic acids is 1. The largest absolute Gasteiger partial charge is 0.465 e. The normalized spacial score (nSPS) is 9.94. The summed E-state index contributed by atoms with van der Waals surface area (Å²) in [4.78, 5) is 13.4. The predicted octanol–water partition coefficient (Wildman–Crippen LogP) is 1.90. The summed E-state index contributed by atoms with van der Waals surface area (Å²) in [5.41, 5.74) is 7.96. The highest BCUT2D eigenvalue weighted by Crippen LogP contribution is 2.24. The van der Waals surface area contributed by atoms with Gasteiger partial charge in [0.2, 0.25) is 0 Å². The maximum Gasteiger partial charge on any atom is 0.337 e. The Balaban J connectivity index is 3.04. The lowest BCUT2D eigenvalue weighted by molar-refractivity contribution is 0.0601. The molecule has 0 amide bonds. The van der Waals surface area contributed by atoms with Gasteiger partial charge in [-0.15, -0.1) is 0 Å². The molecule has 0 aliphatic heterocycles. The molecule has 0 bridgehead atoms. The zero-order chi connectivity index (χ0) is 12.1. The van der Waals surface area contributed by atoms with E-state index >= 15 is 0 Å². The van der Waals surface area contributed by atoms with Crippen LogP contribution in [0.15, 0.2) is 18.2 Å². The zero-order valence-corrected chi connectivity index (χ0v) is 9.99. The van der Waals surface area contributed by atoms with Gasteiger partial charge in [-0.05, 0) is 32.0 Å². The minimum atomic E-state index is -0.363. The molecule has 4 nitrogen and oxygen atoms in total. The van der Waals surface area contributed by atoms with Gasteiger partial charge in [0.15, 0.2) is 0 Å². The number of nitrogens with zero attached hydrogens (tertiary/aromatic N) is 1. The first-order chi connectivity index (χ1) is 7.63. The number of hydrogen-bond acceptors (Lipinski definition) is 4. The van der Waals surface area contributed by atoms with Crippen molar-refractivity contribution >= 4 is 17.3 Å². The smallest absolute Gasteiger partial charge is 0.337 e. The summed E-state index contributed by atoms with van der Waals surface area (Å²) in [5, 5.41) is 0. The monoisotopic (exact) mass is 222 g/mol. The molecule has 0 fully saturated rings. The molecule has 0 heterocycles. The molecule has 4 heteroatoms. The Bertz CT molecular complexity index is 373. The second kappa shape index (κ2) is 5.39. The minimum Gasteiger partial charge on any atom is -0.465 e. The van der Waals surface area contributed by atoms with Crippen molar-refractivity contribution in [2.24, 2.45) is 0 Å². The van der Waals surface area contributed by atoms with Gasteiger partial charge in [0.1, 0.15) is 0 Å². The maximum absolute atomic E-state index is 11.3. The van der Waals surface area contributed by atoms with Crippen LogP contribution in [0.5, 0.6) is 0 Å². The van der Waals surface area contributed by atoms with Crippen LogP contribution in [0, 0.1) is 0 Å². The van der Waals surface area contributed by atoms with E-state index < -0.39 is 0 Å². The predicted molar refractivity (Wildman–Crippen MR) is 65.8 cm³/mol. The Labute approximate surface area is 96.0 Å². The van der Waals surface area contributed by atoms with Crippen LogP contribution in [-0.2, 0) is 4.74 Å². The standard InChI is InChI=1S/C12H18N2O2/c1-4-14(5-2)11-7-6-9(8-10(11)13)12(15)16-3/h6-8H,4-5,13H2,1-3H3. The van der Waals surface area contributed by atoms with Gasteiger partial charge in [0, 0.05) is 13.1 Å². The molecule has 0 spiro atoms. The van der Waals surface area contributed by atoms with Crippen LogP contribution in [-0.4, -0.2) is 26.2 Å². The van der Waals surface area contributed by atoms with Crippen LogP contribution < -0.4 is 10.6 Å². The highest BCUT2D eigenvalue weighted by Gasteiger charge is 2.10. The van der Waals surface area contributed by atoms with Gasteiger partial charge in [0.05, 0.1) is 24.0 Å². The summed E-state index contributed by atoms with van der Waals surface area (Å²) in [6.45, 7) is 5.91. The lowest BCUT2D eigenvalue weighted by Gasteiger charge is -2.22. The van der Waals surface area contributed by atoms with Crippen molar-refractivity contribution in [2.45, 2.75) is 13.8 Å². The molecule has 0 saturated heterocycles. The van der Waals surface area contributed by atoms with Crippen LogP contribution in [0.4, 0.5) is 11.4 Å². The van der Waals surface area contributed by atoms with Gasteiger partial charge in [0.25, 0.3) is 0 Å². The third kappa shape index (κ3) is 2.45. The fraction of sp³-hybridized carbons (Fsp3) is 0.417. The van der Waals surface area contributed by atoms with Crippen molar-refractivity contribution in [3.8, 4) is 0 Å². The van der Waals surface area contributed by atoms with E-state index in [2.05, 4.69) is 23.5 Å². The molecule has 2 N–H and O–H groups in total. The number of anilines is 2. The average Bonchev–Trinajstić information content (AvgIpc) is 2.31. The van der Waals surface area contributed by atoms with Crippen LogP contribution in [0.25, 0.3) is 0 Å². The Morgan fingerprint density at radius 3 is 2.44 bits per heavy atom. The molecule has 0 aromatic heterocycles. The number of nitrogens with two attached hydrogens (primary N) is 1. The Hall–Kier alpha value is -1.71. The van der Waals surface area contributed by atoms with E-state index in [1.54, 1.807) is 12.1 Å². The van der Waals surface area contributed by atoms with Crippen molar-refractivity contribution in [2.75, 3.05) is 30.8 Å². The number of nitrogen functional groups attached to an aromatic ring is 1. The molecular formula is C12H18N2O2. The highest BCUT2D eigenvalue weighted by molar-refractivity contribution is 5.91. The maximum atomic E-state index is 11.3. The van der Waals surface area contributed by atoms with Crippen LogP contribution in [0.1, 0.15) is 24.2 Å². The molecule has 1 rings (SSSR count). The number of methoxy groups -OCH3 is 1. The first-order valence-electron chi connectivity index (χ1n) is 5.36. The first-order valence-corrected chi connectivity index (χ1v) is 5.36. The van der Waals surface area contributed by atoms with E-state index in [9.17, 15) is 4.79 Å². The second-order valence-corrected chi connectivity index (χ2v) is 3.44. The van der Waals surface area contributed by atoms with Gasteiger partial charge in [-0.2, -0.15) is 0 Å². The molecule has 16 heavy (non-hydrogen) atoms. The second-order valence-electron chi connectivity index (χ2n) is 3.44. The van der Waals surface area contributed by atoms with Gasteiger partial charge in [-0.25, -0.2) is 4.79 Å². The highest BCUT2D eigenvalue weighted by atomic mass is 16.5. The molecule has 0 atom stereocenters. The van der Waals surface area contributed by atoms with Crippen molar-refractivity contribution in [1.29, 1.82) is 0 Å². The van der Waals surface area contributed by atoms with Crippen molar-refractivity contribution in [1.82, 2.24) is 0 Å². The fourth-order valence-corrected chi connectivity index (χ4v) is 1.65. The Morgan fingerprint density at radius 1 is 1.38 bits per heavy atom. The summed E-state index contributed by atoms with van der Waals surface area (Å²) in [5.74, 6) is -0.363. The van der Waals surface area contributed by atoms with Crippen molar-refractivity contribution in [3.63, 3.8) is 0 Å². The topological polar surface area (TPSA) is 55.6 Å². The van der Waals surface area contributed by atoms with Crippen molar-refractivity contribution in [3.05, 3.63) is 23.8 Å². The van der Waals surface area contributed by atoms with Gasteiger partial charge in [-0.1, -0.05) is 0 Å². The molecule has 1 aromatic carbocycles. The summed E-state index contributed by atoms with van der Waals surface area (Å²) >= 11 is 0. The van der Waals surface area contributed by atoms with E-state index in [1.807, 2.05) is 6.07 Å². The number of carbonyl (C=O) groups is 1. The molecule has 0 aliphatic carbocycles. The summed E-state index contributed by atoms with van der Waals surface area (Å²) in [6, 6.07) is 5.24. The number of rotatable bonds is 4. The van der Waals surface area contributed by atoms with Crippen LogP contribution in [0.3, 0.4) is 0 Å². The van der Waals surface area contributed by atoms with E-state index in [-0.39, 0.29) is 5.97 Å². The minimum absolute atomic E-state index is 0.363. The zero-order valence-electron chi connectivity index (χ0n) is 9.99. The summed E-state index contributed by atoms with van der Waals surface area (Å²) in [6.07, 6.45) is 0. The SMILES string of the molecule is CCN(CC)c1ccc(C(=O)OC)cc1N. The first kappa shape index (κ1) is 12.4. The van der Waals surface area contributed by atoms with Gasteiger partial charge < -0.3 is 15.4 Å². The number of benzene rings is 1. The molecule has 0 unspecified atom stereocenters. The molecule has 88 valence electrons. The number of ether oxygens (including phenoxy) is 1. The van der Waals surface area contributed by atoms with E-state index in [4.69, 9.17) is 5.73 Å². The van der Waals surface area contributed by atoms with Crippen LogP contribution >= 0.6 is 0 Å². The third-order valence-corrected chi connectivity index (χ3v) is 2.55. The Kier molecular flexibility index (Phi) is 4.17. The third-order valence-electron chi connectivity index (χ3n) is 2.55. The lowest BCUT2D eigenvalue weighted by Crippen LogP contribution is -2.23. The quantitative estimate of drug-likeness (QED) is 0.624. The van der Waals surface area contributed by atoms with Crippen LogP contribution in [0.2, 0.25) is 0 Å². The molecule has 0 saturated carbocycles. The molecule has 0 aliphatic rings. The van der Waals surface area contributed by atoms with E-state index in [0.717, 1.165) is 18.8 Å². The number of hydrogen-bond donors (Lipinski definition) is 1. The van der Waals surface area contributed by atoms with E-state index in [1.165, 1.54) is 7.11 Å². The fourth-order valence-electron chi connectivity index (χ4n) is 1.65. The summed E-state index contributed by atoms with van der Waals surface area (Å²) in [7, 11) is 1.36. The van der Waals surface area contributed by atoms with Gasteiger partial charge >= 0.3 is 5.97 Å². The number of esters is 1. The van der Waals surface area contributed by atoms with E-state index in [0.29, 0.717) is 11.3 Å². The Morgan fingerprint density at radius 2 is 2.00 bits per heavy atom. The lowest BCUT2D eigenvalue weighted by atomic mass is 10.1. The average molecular weight is 222 g/mol.